The van der Waals surface area contributed by atoms with Gasteiger partial charge in [0.15, 0.2) is 0 Å². The lowest BCUT2D eigenvalue weighted by Crippen LogP contribution is -2.52. The predicted octanol–water partition coefficient (Wildman–Crippen LogP) is 5.10. The number of methoxy groups -OCH3 is 1. The number of carbonyl (C=O) groups excluding carboxylic acids is 2. The molecule has 0 aliphatic carbocycles. The maximum atomic E-state index is 14.0. The Morgan fingerprint density at radius 2 is 1.50 bits per heavy atom. The molecule has 0 aliphatic rings. The molecule has 0 heterocycles. The molecule has 3 aromatic carbocycles. The van der Waals surface area contributed by atoms with Crippen LogP contribution in [0.3, 0.4) is 0 Å². The van der Waals surface area contributed by atoms with E-state index in [0.29, 0.717) is 5.75 Å². The van der Waals surface area contributed by atoms with E-state index in [0.717, 1.165) is 21.0 Å². The summed E-state index contributed by atoms with van der Waals surface area (Å²) in [4.78, 5) is 28.4. The lowest BCUT2D eigenvalue weighted by atomic mass is 10.1. The molecule has 1 N–H and O–H groups in total. The molecule has 0 fully saturated rings. The van der Waals surface area contributed by atoms with Crippen molar-refractivity contribution in [2.45, 2.75) is 58.1 Å². The maximum absolute atomic E-state index is 14.0. The molecule has 0 bridgehead atoms. The monoisotopic (exact) mass is 585 g/mol. The lowest BCUT2D eigenvalue weighted by molar-refractivity contribution is -0.139. The number of amides is 2. The Morgan fingerprint density at radius 3 is 2.02 bits per heavy atom. The van der Waals surface area contributed by atoms with Gasteiger partial charge in [-0.2, -0.15) is 0 Å². The van der Waals surface area contributed by atoms with Crippen molar-refractivity contribution in [1.29, 1.82) is 0 Å². The third-order valence-electron chi connectivity index (χ3n) is 6.38. The number of sulfonamides is 1. The quantitative estimate of drug-likeness (QED) is 0.338. The number of aryl methyl sites for hydroxylation is 2. The SMILES string of the molecule is COc1ccc(N(CC(=O)N(Cc2ccc(C)cc2)C(C)C(=O)NC(C)C)S(=O)(=O)c2ccc(C)cc2)cc1Cl. The van der Waals surface area contributed by atoms with E-state index in [2.05, 4.69) is 5.32 Å². The molecule has 1 atom stereocenters. The fourth-order valence-electron chi connectivity index (χ4n) is 4.05. The van der Waals surface area contributed by atoms with Gasteiger partial charge in [0.2, 0.25) is 11.8 Å². The van der Waals surface area contributed by atoms with Gasteiger partial charge in [0.05, 0.1) is 22.7 Å². The van der Waals surface area contributed by atoms with E-state index in [1.54, 1.807) is 25.1 Å². The first-order valence-corrected chi connectivity index (χ1v) is 14.7. The highest BCUT2D eigenvalue weighted by Crippen LogP contribution is 2.32. The third-order valence-corrected chi connectivity index (χ3v) is 8.47. The van der Waals surface area contributed by atoms with Crippen LogP contribution in [0.15, 0.2) is 71.6 Å². The summed E-state index contributed by atoms with van der Waals surface area (Å²) in [6, 6.07) is 17.5. The largest absolute Gasteiger partial charge is 0.495 e. The number of hydrogen-bond donors (Lipinski definition) is 1. The van der Waals surface area contributed by atoms with Crippen molar-refractivity contribution in [3.8, 4) is 5.75 Å². The summed E-state index contributed by atoms with van der Waals surface area (Å²) in [6.45, 7) is 8.68. The van der Waals surface area contributed by atoms with Crippen LogP contribution in [0.2, 0.25) is 5.02 Å². The van der Waals surface area contributed by atoms with Crippen LogP contribution in [0.5, 0.6) is 5.75 Å². The average molecular weight is 586 g/mol. The second-order valence-electron chi connectivity index (χ2n) is 9.99. The van der Waals surface area contributed by atoms with Gasteiger partial charge in [-0.1, -0.05) is 59.1 Å². The first-order chi connectivity index (χ1) is 18.8. The van der Waals surface area contributed by atoms with Crippen molar-refractivity contribution in [3.05, 3.63) is 88.4 Å². The van der Waals surface area contributed by atoms with Crippen molar-refractivity contribution >= 4 is 39.1 Å². The van der Waals surface area contributed by atoms with Crippen LogP contribution >= 0.6 is 11.6 Å². The zero-order chi connectivity index (χ0) is 29.6. The van der Waals surface area contributed by atoms with E-state index < -0.39 is 28.5 Å². The Kier molecular flexibility index (Phi) is 10.2. The highest BCUT2D eigenvalue weighted by atomic mass is 35.5. The molecule has 0 spiro atoms. The van der Waals surface area contributed by atoms with Gasteiger partial charge in [-0.05, 0) is 70.5 Å². The van der Waals surface area contributed by atoms with Gasteiger partial charge in [0, 0.05) is 12.6 Å². The number of hydrogen-bond acceptors (Lipinski definition) is 5. The number of anilines is 1. The lowest BCUT2D eigenvalue weighted by Gasteiger charge is -2.32. The second-order valence-corrected chi connectivity index (χ2v) is 12.3. The van der Waals surface area contributed by atoms with E-state index in [-0.39, 0.29) is 34.1 Å². The highest BCUT2D eigenvalue weighted by molar-refractivity contribution is 7.92. The molecule has 3 aromatic rings. The van der Waals surface area contributed by atoms with Crippen LogP contribution in [0.1, 0.15) is 37.5 Å². The summed E-state index contributed by atoms with van der Waals surface area (Å²) < 4.78 is 34.1. The van der Waals surface area contributed by atoms with Crippen LogP contribution < -0.4 is 14.4 Å². The minimum absolute atomic E-state index is 0.0218. The second kappa shape index (κ2) is 13.2. The van der Waals surface area contributed by atoms with Crippen LogP contribution in [0.25, 0.3) is 0 Å². The predicted molar refractivity (Wildman–Crippen MR) is 158 cm³/mol. The van der Waals surface area contributed by atoms with Gasteiger partial charge < -0.3 is 15.0 Å². The van der Waals surface area contributed by atoms with Crippen molar-refractivity contribution in [2.75, 3.05) is 18.0 Å². The van der Waals surface area contributed by atoms with E-state index in [1.165, 1.54) is 36.3 Å². The summed E-state index contributed by atoms with van der Waals surface area (Å²) >= 11 is 6.36. The fourth-order valence-corrected chi connectivity index (χ4v) is 5.71. The molecule has 8 nitrogen and oxygen atoms in total. The van der Waals surface area contributed by atoms with Gasteiger partial charge in [0.1, 0.15) is 18.3 Å². The Hall–Kier alpha value is -3.56. The van der Waals surface area contributed by atoms with Gasteiger partial charge in [0.25, 0.3) is 10.0 Å². The van der Waals surface area contributed by atoms with E-state index >= 15 is 0 Å². The van der Waals surface area contributed by atoms with Crippen LogP contribution in [-0.2, 0) is 26.2 Å². The molecule has 0 saturated carbocycles. The maximum Gasteiger partial charge on any atom is 0.264 e. The number of rotatable bonds is 11. The molecular formula is C30H36ClN3O5S. The Morgan fingerprint density at radius 1 is 0.925 bits per heavy atom. The van der Waals surface area contributed by atoms with Gasteiger partial charge in [-0.15, -0.1) is 0 Å². The minimum Gasteiger partial charge on any atom is -0.495 e. The summed E-state index contributed by atoms with van der Waals surface area (Å²) in [6.07, 6.45) is 0. The van der Waals surface area contributed by atoms with Crippen LogP contribution in [0.4, 0.5) is 5.69 Å². The molecule has 1 unspecified atom stereocenters. The Labute approximate surface area is 241 Å². The first kappa shape index (κ1) is 31.0. The third kappa shape index (κ3) is 7.55. The van der Waals surface area contributed by atoms with Gasteiger partial charge in [-0.25, -0.2) is 8.42 Å². The normalized spacial score (nSPS) is 12.1. The summed E-state index contributed by atoms with van der Waals surface area (Å²) in [7, 11) is -2.74. The summed E-state index contributed by atoms with van der Waals surface area (Å²) in [5.41, 5.74) is 2.94. The number of nitrogens with one attached hydrogen (secondary N) is 1. The molecular weight excluding hydrogens is 550 g/mol. The number of benzene rings is 3. The number of nitrogens with zero attached hydrogens (tertiary/aromatic N) is 2. The molecule has 0 radical (unpaired) electrons. The molecule has 0 saturated heterocycles. The number of carbonyl (C=O) groups is 2. The average Bonchev–Trinajstić information content (AvgIpc) is 2.90. The first-order valence-electron chi connectivity index (χ1n) is 12.9. The van der Waals surface area contributed by atoms with E-state index in [4.69, 9.17) is 16.3 Å². The Bertz CT molecular complexity index is 1440. The van der Waals surface area contributed by atoms with E-state index in [1.807, 2.05) is 52.0 Å². The fraction of sp³-hybridized carbons (Fsp3) is 0.333. The zero-order valence-electron chi connectivity index (χ0n) is 23.6. The molecule has 2 amide bonds. The van der Waals surface area contributed by atoms with Crippen LogP contribution in [0, 0.1) is 13.8 Å². The van der Waals surface area contributed by atoms with Gasteiger partial charge >= 0.3 is 0 Å². The Balaban J connectivity index is 2.06. The van der Waals surface area contributed by atoms with Crippen molar-refractivity contribution < 1.29 is 22.7 Å². The van der Waals surface area contributed by atoms with Crippen LogP contribution in [-0.4, -0.2) is 50.9 Å². The van der Waals surface area contributed by atoms with Crippen molar-refractivity contribution in [1.82, 2.24) is 10.2 Å². The molecule has 214 valence electrons. The molecule has 10 heteroatoms. The molecule has 0 aliphatic heterocycles. The highest BCUT2D eigenvalue weighted by Gasteiger charge is 2.33. The molecule has 40 heavy (non-hydrogen) atoms. The zero-order valence-corrected chi connectivity index (χ0v) is 25.2. The van der Waals surface area contributed by atoms with Crippen molar-refractivity contribution in [3.63, 3.8) is 0 Å². The number of halogens is 1. The summed E-state index contributed by atoms with van der Waals surface area (Å²) in [5, 5.41) is 3.04. The van der Waals surface area contributed by atoms with Gasteiger partial charge in [-0.3, -0.25) is 13.9 Å². The molecule has 0 aromatic heterocycles. The van der Waals surface area contributed by atoms with Crippen molar-refractivity contribution in [2.24, 2.45) is 0 Å². The topological polar surface area (TPSA) is 96.0 Å². The number of ether oxygens (including phenoxy) is 1. The minimum atomic E-state index is -4.19. The van der Waals surface area contributed by atoms with E-state index in [9.17, 15) is 18.0 Å². The summed E-state index contributed by atoms with van der Waals surface area (Å²) in [5.74, 6) is -0.519. The standard InChI is InChI=1S/C30H36ClN3O5S/c1-20(2)32-30(36)23(5)33(18-24-11-7-21(3)8-12-24)29(35)19-34(25-13-16-28(39-6)27(31)17-25)40(37,38)26-14-9-22(4)10-15-26/h7-17,20,23H,18-19H2,1-6H3,(H,32,36). The molecule has 3 rings (SSSR count). The smallest absolute Gasteiger partial charge is 0.264 e.